The number of aryl methyl sites for hydroxylation is 1. The van der Waals surface area contributed by atoms with Crippen LogP contribution in [0.25, 0.3) is 0 Å². The standard InChI is InChI=1S/C18H19NO5/c1-9-5-10(3-4-16(9)24-2)17-12-8-15(21)14(20)7-11(12)6-13(19-17)18(22)23/h3-5,7-8,13,17,19-21H,6H2,1-2H3,(H,22,23). The second kappa shape index (κ2) is 6.05. The Labute approximate surface area is 139 Å². The zero-order valence-corrected chi connectivity index (χ0v) is 13.4. The van der Waals surface area contributed by atoms with Gasteiger partial charge in [-0.1, -0.05) is 12.1 Å². The van der Waals surface area contributed by atoms with Crippen molar-refractivity contribution >= 4 is 5.97 Å². The van der Waals surface area contributed by atoms with Gasteiger partial charge in [0.25, 0.3) is 0 Å². The molecule has 24 heavy (non-hydrogen) atoms. The van der Waals surface area contributed by atoms with Crippen LogP contribution in [0.3, 0.4) is 0 Å². The third-order valence-electron chi connectivity index (χ3n) is 4.39. The molecule has 0 saturated heterocycles. The third kappa shape index (κ3) is 2.76. The van der Waals surface area contributed by atoms with Gasteiger partial charge in [-0.2, -0.15) is 0 Å². The molecule has 0 spiro atoms. The minimum Gasteiger partial charge on any atom is -0.504 e. The molecule has 6 heteroatoms. The molecule has 3 rings (SSSR count). The third-order valence-corrected chi connectivity index (χ3v) is 4.39. The molecule has 2 aromatic rings. The van der Waals surface area contributed by atoms with Crippen LogP contribution in [0, 0.1) is 6.92 Å². The number of carboxylic acid groups (broad SMARTS) is 1. The summed E-state index contributed by atoms with van der Waals surface area (Å²) in [7, 11) is 1.59. The molecule has 1 aliphatic heterocycles. The minimum absolute atomic E-state index is 0.223. The summed E-state index contributed by atoms with van der Waals surface area (Å²) in [6, 6.07) is 7.37. The first-order valence-electron chi connectivity index (χ1n) is 7.59. The van der Waals surface area contributed by atoms with Crippen LogP contribution in [0.15, 0.2) is 30.3 Å². The number of phenolic OH excluding ortho intramolecular Hbond substituents is 2. The molecule has 0 aromatic heterocycles. The highest BCUT2D eigenvalue weighted by Crippen LogP contribution is 2.38. The number of nitrogens with one attached hydrogen (secondary N) is 1. The maximum Gasteiger partial charge on any atom is 0.321 e. The maximum absolute atomic E-state index is 11.5. The summed E-state index contributed by atoms with van der Waals surface area (Å²) in [6.45, 7) is 1.91. The maximum atomic E-state index is 11.5. The van der Waals surface area contributed by atoms with Gasteiger partial charge in [-0.3, -0.25) is 10.1 Å². The number of aliphatic carboxylic acids is 1. The smallest absolute Gasteiger partial charge is 0.321 e. The molecule has 0 amide bonds. The molecule has 1 aliphatic rings. The summed E-state index contributed by atoms with van der Waals surface area (Å²) in [5.41, 5.74) is 3.26. The van der Waals surface area contributed by atoms with Gasteiger partial charge in [-0.25, -0.2) is 0 Å². The summed E-state index contributed by atoms with van der Waals surface area (Å²) in [5, 5.41) is 32.1. The number of hydrogen-bond donors (Lipinski definition) is 4. The highest BCUT2D eigenvalue weighted by molar-refractivity contribution is 5.75. The molecule has 2 aromatic carbocycles. The lowest BCUT2D eigenvalue weighted by atomic mass is 9.86. The quantitative estimate of drug-likeness (QED) is 0.644. The lowest BCUT2D eigenvalue weighted by Gasteiger charge is -2.32. The molecule has 0 radical (unpaired) electrons. The van der Waals surface area contributed by atoms with E-state index in [0.29, 0.717) is 5.56 Å². The van der Waals surface area contributed by atoms with Crippen molar-refractivity contribution in [1.82, 2.24) is 5.32 Å². The van der Waals surface area contributed by atoms with Crippen LogP contribution in [-0.2, 0) is 11.2 Å². The molecule has 2 unspecified atom stereocenters. The van der Waals surface area contributed by atoms with Crippen molar-refractivity contribution in [3.63, 3.8) is 0 Å². The fraction of sp³-hybridized carbons (Fsp3) is 0.278. The van der Waals surface area contributed by atoms with Crippen molar-refractivity contribution in [2.24, 2.45) is 0 Å². The Hall–Kier alpha value is -2.73. The topological polar surface area (TPSA) is 99.0 Å². The summed E-state index contributed by atoms with van der Waals surface area (Å²) in [4.78, 5) is 11.5. The van der Waals surface area contributed by atoms with Crippen LogP contribution >= 0.6 is 0 Å². The second-order valence-electron chi connectivity index (χ2n) is 5.96. The molecular weight excluding hydrogens is 310 g/mol. The zero-order valence-electron chi connectivity index (χ0n) is 13.4. The van der Waals surface area contributed by atoms with Crippen LogP contribution in [0.2, 0.25) is 0 Å². The fourth-order valence-electron chi connectivity index (χ4n) is 3.17. The van der Waals surface area contributed by atoms with Gasteiger partial charge in [0.2, 0.25) is 0 Å². The monoisotopic (exact) mass is 329 g/mol. The zero-order chi connectivity index (χ0) is 17.4. The predicted molar refractivity (Wildman–Crippen MR) is 87.6 cm³/mol. The van der Waals surface area contributed by atoms with E-state index in [4.69, 9.17) is 4.74 Å². The van der Waals surface area contributed by atoms with Crippen LogP contribution in [0.1, 0.15) is 28.3 Å². The summed E-state index contributed by atoms with van der Waals surface area (Å²) in [6.07, 6.45) is 0.240. The van der Waals surface area contributed by atoms with E-state index < -0.39 is 18.1 Å². The average molecular weight is 329 g/mol. The van der Waals surface area contributed by atoms with Crippen molar-refractivity contribution in [2.75, 3.05) is 7.11 Å². The Bertz CT molecular complexity index is 802. The Balaban J connectivity index is 2.11. The van der Waals surface area contributed by atoms with E-state index in [0.717, 1.165) is 22.4 Å². The van der Waals surface area contributed by atoms with Crippen molar-refractivity contribution in [3.05, 3.63) is 52.6 Å². The van der Waals surface area contributed by atoms with Gasteiger partial charge in [0.05, 0.1) is 13.2 Å². The minimum atomic E-state index is -0.955. The number of benzene rings is 2. The van der Waals surface area contributed by atoms with E-state index >= 15 is 0 Å². The van der Waals surface area contributed by atoms with E-state index in [-0.39, 0.29) is 17.9 Å². The van der Waals surface area contributed by atoms with Gasteiger partial charge in [-0.15, -0.1) is 0 Å². The van der Waals surface area contributed by atoms with Gasteiger partial charge >= 0.3 is 5.97 Å². The molecule has 0 saturated carbocycles. The lowest BCUT2D eigenvalue weighted by molar-refractivity contribution is -0.139. The van der Waals surface area contributed by atoms with Gasteiger partial charge < -0.3 is 20.1 Å². The normalized spacial score (nSPS) is 19.6. The van der Waals surface area contributed by atoms with E-state index in [1.165, 1.54) is 12.1 Å². The number of fused-ring (bicyclic) bond motifs is 1. The van der Waals surface area contributed by atoms with Crippen molar-refractivity contribution in [3.8, 4) is 17.2 Å². The highest BCUT2D eigenvalue weighted by atomic mass is 16.5. The second-order valence-corrected chi connectivity index (χ2v) is 5.96. The lowest BCUT2D eigenvalue weighted by Crippen LogP contribution is -2.45. The number of carboxylic acids is 1. The summed E-state index contributed by atoms with van der Waals surface area (Å²) in [5.74, 6) is -0.675. The summed E-state index contributed by atoms with van der Waals surface area (Å²) < 4.78 is 5.26. The van der Waals surface area contributed by atoms with Crippen LogP contribution < -0.4 is 10.1 Å². The fourth-order valence-corrected chi connectivity index (χ4v) is 3.17. The number of ether oxygens (including phenoxy) is 1. The van der Waals surface area contributed by atoms with Gasteiger partial charge in [0.1, 0.15) is 11.8 Å². The van der Waals surface area contributed by atoms with Crippen molar-refractivity contribution < 1.29 is 24.9 Å². The van der Waals surface area contributed by atoms with E-state index in [2.05, 4.69) is 5.32 Å². The molecule has 1 heterocycles. The largest absolute Gasteiger partial charge is 0.504 e. The molecule has 0 fully saturated rings. The van der Waals surface area contributed by atoms with E-state index in [9.17, 15) is 20.1 Å². The van der Waals surface area contributed by atoms with Crippen LogP contribution in [0.5, 0.6) is 17.2 Å². The Morgan fingerprint density at radius 3 is 2.54 bits per heavy atom. The van der Waals surface area contributed by atoms with Gasteiger partial charge in [-0.05, 0) is 53.8 Å². The average Bonchev–Trinajstić information content (AvgIpc) is 2.55. The SMILES string of the molecule is COc1ccc(C2NC(C(=O)O)Cc3cc(O)c(O)cc32)cc1C. The first kappa shape index (κ1) is 16.1. The first-order valence-corrected chi connectivity index (χ1v) is 7.59. The number of hydrogen-bond acceptors (Lipinski definition) is 5. The first-order chi connectivity index (χ1) is 11.4. The molecule has 0 bridgehead atoms. The number of rotatable bonds is 3. The Kier molecular flexibility index (Phi) is 4.07. The Morgan fingerprint density at radius 1 is 1.21 bits per heavy atom. The van der Waals surface area contributed by atoms with Crippen molar-refractivity contribution in [2.45, 2.75) is 25.4 Å². The van der Waals surface area contributed by atoms with Crippen molar-refractivity contribution in [1.29, 1.82) is 0 Å². The molecular formula is C18H19NO5. The molecule has 0 aliphatic carbocycles. The molecule has 2 atom stereocenters. The van der Waals surface area contributed by atoms with Crippen LogP contribution in [-0.4, -0.2) is 34.4 Å². The number of aromatic hydroxyl groups is 2. The van der Waals surface area contributed by atoms with Gasteiger partial charge in [0.15, 0.2) is 11.5 Å². The molecule has 6 nitrogen and oxygen atoms in total. The summed E-state index contributed by atoms with van der Waals surface area (Å²) >= 11 is 0. The van der Waals surface area contributed by atoms with E-state index in [1.54, 1.807) is 7.11 Å². The molecule has 126 valence electrons. The van der Waals surface area contributed by atoms with E-state index in [1.807, 2.05) is 25.1 Å². The molecule has 4 N–H and O–H groups in total. The number of methoxy groups -OCH3 is 1. The number of carbonyl (C=O) groups is 1. The highest BCUT2D eigenvalue weighted by Gasteiger charge is 2.32. The van der Waals surface area contributed by atoms with Crippen LogP contribution in [0.4, 0.5) is 0 Å². The van der Waals surface area contributed by atoms with Gasteiger partial charge in [0, 0.05) is 0 Å². The Morgan fingerprint density at radius 2 is 1.92 bits per heavy atom. The number of phenols is 2. The predicted octanol–water partition coefficient (Wildman–Crippen LogP) is 2.10.